The summed E-state index contributed by atoms with van der Waals surface area (Å²) >= 11 is 0. The normalized spacial score (nSPS) is 9.29. The van der Waals surface area contributed by atoms with Gasteiger partial charge in [-0.1, -0.05) is 19.8 Å². The zero-order chi connectivity index (χ0) is 10.8. The lowest BCUT2D eigenvalue weighted by atomic mass is 10.2. The minimum atomic E-state index is -0.739. The number of ether oxygens (including phenoxy) is 1. The number of hydroxylamine groups is 1. The molecule has 0 bridgehead atoms. The van der Waals surface area contributed by atoms with Gasteiger partial charge < -0.3 is 9.57 Å². The molecule has 0 rings (SSSR count). The highest BCUT2D eigenvalue weighted by Crippen LogP contribution is 1.99. The molecule has 0 aromatic rings. The monoisotopic (exact) mass is 203 g/mol. The molecule has 0 aliphatic rings. The standard InChI is InChI=1S/C9H17NO4/c1-3-5-6-7-8(11)14-10-9(12)13-4-2/h3-7H2,1-2H3,(H,10,12). The van der Waals surface area contributed by atoms with E-state index in [9.17, 15) is 9.59 Å². The van der Waals surface area contributed by atoms with Crippen LogP contribution in [-0.2, 0) is 14.4 Å². The van der Waals surface area contributed by atoms with Crippen LogP contribution in [0.4, 0.5) is 4.79 Å². The molecule has 0 aliphatic heterocycles. The van der Waals surface area contributed by atoms with Crippen LogP contribution in [0.5, 0.6) is 0 Å². The average Bonchev–Trinajstić information content (AvgIpc) is 2.16. The summed E-state index contributed by atoms with van der Waals surface area (Å²) in [6.07, 6.45) is 2.38. The van der Waals surface area contributed by atoms with E-state index in [0.717, 1.165) is 19.3 Å². The van der Waals surface area contributed by atoms with Gasteiger partial charge in [0.05, 0.1) is 6.61 Å². The quantitative estimate of drug-likeness (QED) is 0.546. The molecule has 1 amide bonds. The van der Waals surface area contributed by atoms with Gasteiger partial charge in [-0.3, -0.25) is 0 Å². The molecule has 0 fully saturated rings. The average molecular weight is 203 g/mol. The van der Waals surface area contributed by atoms with E-state index in [1.165, 1.54) is 0 Å². The summed E-state index contributed by atoms with van der Waals surface area (Å²) in [7, 11) is 0. The summed E-state index contributed by atoms with van der Waals surface area (Å²) in [5.41, 5.74) is 1.90. The Hall–Kier alpha value is -1.26. The van der Waals surface area contributed by atoms with E-state index in [1.54, 1.807) is 6.92 Å². The van der Waals surface area contributed by atoms with Crippen molar-refractivity contribution in [2.75, 3.05) is 6.61 Å². The van der Waals surface area contributed by atoms with Crippen LogP contribution < -0.4 is 5.48 Å². The fourth-order valence-corrected chi connectivity index (χ4v) is 0.830. The molecule has 5 nitrogen and oxygen atoms in total. The molecule has 82 valence electrons. The van der Waals surface area contributed by atoms with E-state index >= 15 is 0 Å². The molecule has 14 heavy (non-hydrogen) atoms. The van der Waals surface area contributed by atoms with Crippen LogP contribution in [0.3, 0.4) is 0 Å². The fourth-order valence-electron chi connectivity index (χ4n) is 0.830. The van der Waals surface area contributed by atoms with Crippen molar-refractivity contribution >= 4 is 12.1 Å². The topological polar surface area (TPSA) is 64.6 Å². The lowest BCUT2D eigenvalue weighted by molar-refractivity contribution is -0.149. The molecular weight excluding hydrogens is 186 g/mol. The Kier molecular flexibility index (Phi) is 7.59. The van der Waals surface area contributed by atoms with Gasteiger partial charge in [0, 0.05) is 6.42 Å². The number of carbonyl (C=O) groups excluding carboxylic acids is 2. The van der Waals surface area contributed by atoms with Crippen LogP contribution in [0.15, 0.2) is 0 Å². The van der Waals surface area contributed by atoms with Gasteiger partial charge in [-0.15, -0.1) is 5.48 Å². The van der Waals surface area contributed by atoms with Gasteiger partial charge in [-0.05, 0) is 13.3 Å². The number of nitrogens with one attached hydrogen (secondary N) is 1. The summed E-state index contributed by atoms with van der Waals surface area (Å²) in [4.78, 5) is 26.0. The lowest BCUT2D eigenvalue weighted by Gasteiger charge is -2.04. The van der Waals surface area contributed by atoms with Crippen molar-refractivity contribution in [3.05, 3.63) is 0 Å². The van der Waals surface area contributed by atoms with Gasteiger partial charge in [0.15, 0.2) is 0 Å². The first-order valence-corrected chi connectivity index (χ1v) is 4.83. The van der Waals surface area contributed by atoms with E-state index in [4.69, 9.17) is 0 Å². The molecule has 0 unspecified atom stereocenters. The first kappa shape index (κ1) is 12.7. The third kappa shape index (κ3) is 7.39. The van der Waals surface area contributed by atoms with E-state index in [0.29, 0.717) is 6.42 Å². The molecule has 0 saturated carbocycles. The molecule has 0 aromatic carbocycles. The van der Waals surface area contributed by atoms with E-state index in [-0.39, 0.29) is 6.61 Å². The summed E-state index contributed by atoms with van der Waals surface area (Å²) in [5, 5.41) is 0. The third-order valence-electron chi connectivity index (χ3n) is 1.51. The number of unbranched alkanes of at least 4 members (excludes halogenated alkanes) is 2. The Morgan fingerprint density at radius 3 is 2.50 bits per heavy atom. The molecule has 0 spiro atoms. The number of amides is 1. The zero-order valence-electron chi connectivity index (χ0n) is 8.67. The maximum Gasteiger partial charge on any atom is 0.440 e. The highest BCUT2D eigenvalue weighted by molar-refractivity contribution is 5.72. The van der Waals surface area contributed by atoms with Crippen molar-refractivity contribution in [2.24, 2.45) is 0 Å². The summed E-state index contributed by atoms with van der Waals surface area (Å²) in [5.74, 6) is -0.438. The van der Waals surface area contributed by atoms with Gasteiger partial charge in [0.1, 0.15) is 0 Å². The van der Waals surface area contributed by atoms with Crippen LogP contribution in [0.1, 0.15) is 39.5 Å². The highest BCUT2D eigenvalue weighted by Gasteiger charge is 2.05. The molecule has 0 saturated heterocycles. The predicted octanol–water partition coefficient (Wildman–Crippen LogP) is 1.77. The van der Waals surface area contributed by atoms with E-state index in [1.807, 2.05) is 12.4 Å². The Morgan fingerprint density at radius 1 is 1.21 bits per heavy atom. The van der Waals surface area contributed by atoms with Gasteiger partial charge in [0.25, 0.3) is 0 Å². The second-order valence-corrected chi connectivity index (χ2v) is 2.75. The molecule has 5 heteroatoms. The van der Waals surface area contributed by atoms with Crippen molar-refractivity contribution in [3.8, 4) is 0 Å². The third-order valence-corrected chi connectivity index (χ3v) is 1.51. The second-order valence-electron chi connectivity index (χ2n) is 2.75. The van der Waals surface area contributed by atoms with Crippen LogP contribution in [0.2, 0.25) is 0 Å². The van der Waals surface area contributed by atoms with E-state index in [2.05, 4.69) is 9.57 Å². The summed E-state index contributed by atoms with van der Waals surface area (Å²) < 4.78 is 4.49. The minimum absolute atomic E-state index is 0.249. The van der Waals surface area contributed by atoms with Crippen molar-refractivity contribution in [1.82, 2.24) is 5.48 Å². The first-order valence-electron chi connectivity index (χ1n) is 4.83. The molecule has 0 aromatic heterocycles. The van der Waals surface area contributed by atoms with Gasteiger partial charge in [-0.2, -0.15) is 0 Å². The smallest absolute Gasteiger partial charge is 0.440 e. The van der Waals surface area contributed by atoms with Crippen molar-refractivity contribution in [3.63, 3.8) is 0 Å². The first-order chi connectivity index (χ1) is 6.70. The van der Waals surface area contributed by atoms with Crippen LogP contribution in [0, 0.1) is 0 Å². The highest BCUT2D eigenvalue weighted by atomic mass is 16.7. The Labute approximate surface area is 83.7 Å². The molecular formula is C9H17NO4. The van der Waals surface area contributed by atoms with Crippen molar-refractivity contribution in [2.45, 2.75) is 39.5 Å². The largest absolute Gasteiger partial charge is 0.448 e. The lowest BCUT2D eigenvalue weighted by Crippen LogP contribution is -2.27. The maximum atomic E-state index is 10.9. The van der Waals surface area contributed by atoms with Crippen molar-refractivity contribution < 1.29 is 19.2 Å². The zero-order valence-corrected chi connectivity index (χ0v) is 8.67. The van der Waals surface area contributed by atoms with Gasteiger partial charge in [-0.25, -0.2) is 9.59 Å². The molecule has 0 aliphatic carbocycles. The second kappa shape index (κ2) is 8.34. The summed E-state index contributed by atoms with van der Waals surface area (Å²) in [6.45, 7) is 3.96. The number of carbonyl (C=O) groups is 2. The molecule has 0 heterocycles. The van der Waals surface area contributed by atoms with Gasteiger partial charge >= 0.3 is 12.1 Å². The Morgan fingerprint density at radius 2 is 1.93 bits per heavy atom. The molecule has 1 N–H and O–H groups in total. The maximum absolute atomic E-state index is 10.9. The predicted molar refractivity (Wildman–Crippen MR) is 50.4 cm³/mol. The SMILES string of the molecule is CCCCCC(=O)ONC(=O)OCC. The van der Waals surface area contributed by atoms with Crippen LogP contribution >= 0.6 is 0 Å². The molecule has 0 atom stereocenters. The van der Waals surface area contributed by atoms with Crippen molar-refractivity contribution in [1.29, 1.82) is 0 Å². The minimum Gasteiger partial charge on any atom is -0.448 e. The number of hydrogen-bond acceptors (Lipinski definition) is 4. The van der Waals surface area contributed by atoms with Gasteiger partial charge in [0.2, 0.25) is 0 Å². The van der Waals surface area contributed by atoms with Crippen LogP contribution in [-0.4, -0.2) is 18.7 Å². The Balaban J connectivity index is 3.39. The fraction of sp³-hybridized carbons (Fsp3) is 0.778. The number of rotatable bonds is 5. The van der Waals surface area contributed by atoms with Crippen LogP contribution in [0.25, 0.3) is 0 Å². The Bertz CT molecular complexity index is 182. The number of hydrogen-bond donors (Lipinski definition) is 1. The molecule has 0 radical (unpaired) electrons. The van der Waals surface area contributed by atoms with E-state index < -0.39 is 12.1 Å². The summed E-state index contributed by atoms with van der Waals surface area (Å²) in [6, 6.07) is 0.